The topological polar surface area (TPSA) is 21.3 Å². The molecule has 5 heteroatoms. The van der Waals surface area contributed by atoms with Crippen molar-refractivity contribution in [3.63, 3.8) is 0 Å². The molecule has 0 heterocycles. The fourth-order valence-corrected chi connectivity index (χ4v) is 1.79. The lowest BCUT2D eigenvalue weighted by Crippen LogP contribution is -2.32. The molecule has 20 heavy (non-hydrogen) atoms. The molecule has 0 radical (unpaired) electrons. The van der Waals surface area contributed by atoms with Gasteiger partial charge in [-0.15, -0.1) is 0 Å². The normalized spacial score (nSPS) is 15.4. The Morgan fingerprint density at radius 2 is 1.55 bits per heavy atom. The highest BCUT2D eigenvalue weighted by Crippen LogP contribution is 2.24. The van der Waals surface area contributed by atoms with Gasteiger partial charge in [0.2, 0.25) is 0 Å². The van der Waals surface area contributed by atoms with Gasteiger partial charge in [-0.2, -0.15) is 13.2 Å². The summed E-state index contributed by atoms with van der Waals surface area (Å²) >= 11 is 0. The maximum Gasteiger partial charge on any atom is 0.414 e. The zero-order valence-electron chi connectivity index (χ0n) is 12.3. The zero-order chi connectivity index (χ0) is 15.3. The number of hydrogen-bond acceptors (Lipinski definition) is 2. The van der Waals surface area contributed by atoms with E-state index in [2.05, 4.69) is 19.2 Å². The number of nitrogens with one attached hydrogen (secondary N) is 1. The van der Waals surface area contributed by atoms with Crippen molar-refractivity contribution in [3.05, 3.63) is 35.4 Å². The average molecular weight is 289 g/mol. The molecule has 114 valence electrons. The van der Waals surface area contributed by atoms with Crippen LogP contribution in [0.25, 0.3) is 0 Å². The Labute approximate surface area is 118 Å². The first-order chi connectivity index (χ1) is 9.25. The molecule has 1 aromatic rings. The van der Waals surface area contributed by atoms with Crippen LogP contribution >= 0.6 is 0 Å². The van der Waals surface area contributed by atoms with Crippen LogP contribution in [-0.4, -0.2) is 25.9 Å². The number of halogens is 3. The Balaban J connectivity index is 2.66. The van der Waals surface area contributed by atoms with Crippen LogP contribution in [0.1, 0.15) is 43.9 Å². The first-order valence-corrected chi connectivity index (χ1v) is 6.71. The molecule has 0 aromatic heterocycles. The number of likely N-dealkylation sites (N-methyl/N-ethyl adjacent to an activating group) is 1. The zero-order valence-corrected chi connectivity index (χ0v) is 12.3. The summed E-state index contributed by atoms with van der Waals surface area (Å²) in [5, 5.41) is 2.98. The van der Waals surface area contributed by atoms with Gasteiger partial charge in [-0.25, -0.2) is 0 Å². The van der Waals surface area contributed by atoms with Crippen molar-refractivity contribution in [2.75, 3.05) is 13.7 Å². The Bertz CT molecular complexity index is 401. The minimum atomic E-state index is -4.32. The Kier molecular flexibility index (Phi) is 6.02. The van der Waals surface area contributed by atoms with Crippen LogP contribution < -0.4 is 5.32 Å². The average Bonchev–Trinajstić information content (AvgIpc) is 2.38. The van der Waals surface area contributed by atoms with Crippen molar-refractivity contribution in [1.82, 2.24) is 5.32 Å². The third-order valence-corrected chi connectivity index (χ3v) is 3.33. The highest BCUT2D eigenvalue weighted by atomic mass is 19.4. The number of hydrogen-bond donors (Lipinski definition) is 1. The molecule has 0 saturated heterocycles. The highest BCUT2D eigenvalue weighted by Gasteiger charge is 2.37. The van der Waals surface area contributed by atoms with Crippen molar-refractivity contribution in [1.29, 1.82) is 0 Å². The van der Waals surface area contributed by atoms with E-state index in [-0.39, 0.29) is 12.6 Å². The lowest BCUT2D eigenvalue weighted by Gasteiger charge is -2.22. The minimum absolute atomic E-state index is 0.0157. The van der Waals surface area contributed by atoms with E-state index in [4.69, 9.17) is 4.74 Å². The van der Waals surface area contributed by atoms with Crippen LogP contribution in [0.3, 0.4) is 0 Å². The Morgan fingerprint density at radius 3 is 1.95 bits per heavy atom. The van der Waals surface area contributed by atoms with Crippen LogP contribution in [0.2, 0.25) is 0 Å². The molecule has 0 aliphatic heterocycles. The number of alkyl halides is 3. The summed E-state index contributed by atoms with van der Waals surface area (Å²) in [5.41, 5.74) is 2.12. The molecule has 0 aliphatic carbocycles. The van der Waals surface area contributed by atoms with Crippen LogP contribution in [0.4, 0.5) is 13.2 Å². The summed E-state index contributed by atoms with van der Waals surface area (Å²) in [6.45, 7) is 5.20. The van der Waals surface area contributed by atoms with Gasteiger partial charge in [0, 0.05) is 0 Å². The SMILES string of the molecule is CNC(COC(C)C(F)(F)F)c1ccc(C(C)C)cc1. The van der Waals surface area contributed by atoms with Gasteiger partial charge < -0.3 is 10.1 Å². The molecule has 0 amide bonds. The predicted molar refractivity (Wildman–Crippen MR) is 73.8 cm³/mol. The van der Waals surface area contributed by atoms with Crippen molar-refractivity contribution in [3.8, 4) is 0 Å². The summed E-state index contributed by atoms with van der Waals surface area (Å²) in [4.78, 5) is 0. The van der Waals surface area contributed by atoms with E-state index < -0.39 is 12.3 Å². The fourth-order valence-electron chi connectivity index (χ4n) is 1.79. The maximum atomic E-state index is 12.4. The monoisotopic (exact) mass is 289 g/mol. The van der Waals surface area contributed by atoms with Gasteiger partial charge in [0.25, 0.3) is 0 Å². The van der Waals surface area contributed by atoms with Gasteiger partial charge in [0.1, 0.15) is 0 Å². The molecular weight excluding hydrogens is 267 g/mol. The van der Waals surface area contributed by atoms with E-state index in [1.54, 1.807) is 7.05 Å². The third-order valence-electron chi connectivity index (χ3n) is 3.33. The largest absolute Gasteiger partial charge is 0.414 e. The standard InChI is InChI=1S/C15H22F3NO/c1-10(2)12-5-7-13(8-6-12)14(19-4)9-20-11(3)15(16,17)18/h5-8,10-11,14,19H,9H2,1-4H3. The molecule has 0 aliphatic rings. The van der Waals surface area contributed by atoms with Gasteiger partial charge in [0.05, 0.1) is 12.6 Å². The second kappa shape index (κ2) is 7.09. The molecular formula is C15H22F3NO. The summed E-state index contributed by atoms with van der Waals surface area (Å²) in [6.07, 6.45) is -6.08. The van der Waals surface area contributed by atoms with Gasteiger partial charge in [-0.3, -0.25) is 0 Å². The van der Waals surface area contributed by atoms with E-state index in [1.807, 2.05) is 24.3 Å². The molecule has 2 unspecified atom stereocenters. The van der Waals surface area contributed by atoms with E-state index in [1.165, 1.54) is 5.56 Å². The van der Waals surface area contributed by atoms with Gasteiger partial charge in [0.15, 0.2) is 6.10 Å². The van der Waals surface area contributed by atoms with Crippen LogP contribution in [-0.2, 0) is 4.74 Å². The minimum Gasteiger partial charge on any atom is -0.367 e. The molecule has 0 spiro atoms. The first-order valence-electron chi connectivity index (χ1n) is 6.71. The number of benzene rings is 1. The summed E-state index contributed by atoms with van der Waals surface area (Å²) in [7, 11) is 1.71. The summed E-state index contributed by atoms with van der Waals surface area (Å²) in [6, 6.07) is 7.60. The van der Waals surface area contributed by atoms with E-state index >= 15 is 0 Å². The van der Waals surface area contributed by atoms with Crippen LogP contribution in [0.5, 0.6) is 0 Å². The smallest absolute Gasteiger partial charge is 0.367 e. The molecule has 1 rings (SSSR count). The number of rotatable bonds is 6. The highest BCUT2D eigenvalue weighted by molar-refractivity contribution is 5.26. The molecule has 1 aromatic carbocycles. The molecule has 1 N–H and O–H groups in total. The second-order valence-electron chi connectivity index (χ2n) is 5.18. The third kappa shape index (κ3) is 4.80. The Morgan fingerprint density at radius 1 is 1.05 bits per heavy atom. The van der Waals surface area contributed by atoms with E-state index in [9.17, 15) is 13.2 Å². The fraction of sp³-hybridized carbons (Fsp3) is 0.600. The predicted octanol–water partition coefficient (Wildman–Crippen LogP) is 4.04. The quantitative estimate of drug-likeness (QED) is 0.853. The second-order valence-corrected chi connectivity index (χ2v) is 5.18. The van der Waals surface area contributed by atoms with Crippen LogP contribution in [0, 0.1) is 0 Å². The van der Waals surface area contributed by atoms with E-state index in [0.717, 1.165) is 12.5 Å². The van der Waals surface area contributed by atoms with Crippen molar-refractivity contribution in [2.24, 2.45) is 0 Å². The van der Waals surface area contributed by atoms with Crippen LogP contribution in [0.15, 0.2) is 24.3 Å². The first kappa shape index (κ1) is 17.0. The summed E-state index contributed by atoms with van der Waals surface area (Å²) in [5.74, 6) is 0.429. The molecule has 0 saturated carbocycles. The molecule has 0 bridgehead atoms. The Hall–Kier alpha value is -1.07. The number of ether oxygens (including phenoxy) is 1. The van der Waals surface area contributed by atoms with Gasteiger partial charge in [-0.1, -0.05) is 38.1 Å². The molecule has 2 nitrogen and oxygen atoms in total. The van der Waals surface area contributed by atoms with Gasteiger partial charge >= 0.3 is 6.18 Å². The lowest BCUT2D eigenvalue weighted by molar-refractivity contribution is -0.215. The maximum absolute atomic E-state index is 12.4. The van der Waals surface area contributed by atoms with Crippen molar-refractivity contribution in [2.45, 2.75) is 45.0 Å². The molecule has 0 fully saturated rings. The lowest BCUT2D eigenvalue weighted by atomic mass is 9.99. The van der Waals surface area contributed by atoms with Gasteiger partial charge in [-0.05, 0) is 31.0 Å². The summed E-state index contributed by atoms with van der Waals surface area (Å²) < 4.78 is 42.1. The van der Waals surface area contributed by atoms with E-state index in [0.29, 0.717) is 5.92 Å². The van der Waals surface area contributed by atoms with Crippen molar-refractivity contribution < 1.29 is 17.9 Å². The molecule has 2 atom stereocenters. The van der Waals surface area contributed by atoms with Crippen molar-refractivity contribution >= 4 is 0 Å².